The van der Waals surface area contributed by atoms with Crippen LogP contribution in [0.4, 0.5) is 4.39 Å². The minimum Gasteiger partial charge on any atom is -0.379 e. The highest BCUT2D eigenvalue weighted by Crippen LogP contribution is 2.01. The van der Waals surface area contributed by atoms with E-state index in [0.29, 0.717) is 26.3 Å². The summed E-state index contributed by atoms with van der Waals surface area (Å²) in [4.78, 5) is 15.1. The normalized spacial score (nSPS) is 17.1. The van der Waals surface area contributed by atoms with Crippen molar-refractivity contribution in [3.8, 4) is 0 Å². The Morgan fingerprint density at radius 2 is 2.25 bits per heavy atom. The first-order valence-electron chi connectivity index (χ1n) is 5.01. The van der Waals surface area contributed by atoms with Crippen molar-refractivity contribution >= 4 is 5.91 Å². The predicted molar refractivity (Wildman–Crippen MR) is 54.1 cm³/mol. The molecule has 6 heteroatoms. The zero-order valence-corrected chi connectivity index (χ0v) is 8.65. The van der Waals surface area contributed by atoms with Gasteiger partial charge in [-0.2, -0.15) is 4.39 Å². The highest BCUT2D eigenvalue weighted by Gasteiger charge is 2.14. The maximum Gasteiger partial charge on any atom is 0.265 e. The van der Waals surface area contributed by atoms with E-state index in [1.165, 1.54) is 12.3 Å². The number of carbonyl (C=O) groups excluding carboxylic acids is 1. The quantitative estimate of drug-likeness (QED) is 0.730. The highest BCUT2D eigenvalue weighted by atomic mass is 19.1. The third-order valence-electron chi connectivity index (χ3n) is 2.26. The Balaban J connectivity index is 1.97. The molecule has 0 radical (unpaired) electrons. The average molecular weight is 225 g/mol. The van der Waals surface area contributed by atoms with Gasteiger partial charge in [0.25, 0.3) is 5.91 Å². The molecule has 1 amide bonds. The summed E-state index contributed by atoms with van der Waals surface area (Å²) in [5.74, 6) is -0.988. The molecule has 0 atom stereocenters. The molecule has 2 heterocycles. The van der Waals surface area contributed by atoms with Gasteiger partial charge < -0.3 is 4.74 Å². The maximum absolute atomic E-state index is 12.8. The van der Waals surface area contributed by atoms with E-state index < -0.39 is 5.95 Å². The lowest BCUT2D eigenvalue weighted by Crippen LogP contribution is -2.48. The van der Waals surface area contributed by atoms with Gasteiger partial charge in [-0.1, -0.05) is 0 Å². The second-order valence-electron chi connectivity index (χ2n) is 3.41. The highest BCUT2D eigenvalue weighted by molar-refractivity contribution is 5.93. The minimum absolute atomic E-state index is 0.263. The molecule has 1 aromatic rings. The molecule has 0 bridgehead atoms. The molecule has 0 spiro atoms. The monoisotopic (exact) mass is 225 g/mol. The van der Waals surface area contributed by atoms with Crippen LogP contribution in [0.2, 0.25) is 0 Å². The molecule has 0 saturated carbocycles. The molecular formula is C10H12FN3O2. The molecule has 1 fully saturated rings. The van der Waals surface area contributed by atoms with Crippen molar-refractivity contribution in [2.45, 2.75) is 0 Å². The summed E-state index contributed by atoms with van der Waals surface area (Å²) < 4.78 is 17.9. The number of hydrazine groups is 1. The SMILES string of the molecule is O=C(NN1CCOCC1)c1ccnc(F)c1. The number of rotatable bonds is 2. The first kappa shape index (κ1) is 11.0. The summed E-state index contributed by atoms with van der Waals surface area (Å²) in [6.45, 7) is 2.45. The fraction of sp³-hybridized carbons (Fsp3) is 0.400. The molecule has 1 aliphatic rings. The lowest BCUT2D eigenvalue weighted by molar-refractivity contribution is 0.0126. The van der Waals surface area contributed by atoms with Crippen molar-refractivity contribution in [2.75, 3.05) is 26.3 Å². The van der Waals surface area contributed by atoms with Crippen LogP contribution in [0, 0.1) is 5.95 Å². The summed E-state index contributed by atoms with van der Waals surface area (Å²) in [5, 5.41) is 1.75. The van der Waals surface area contributed by atoms with E-state index in [1.807, 2.05) is 0 Å². The van der Waals surface area contributed by atoms with E-state index in [0.717, 1.165) is 6.07 Å². The first-order chi connectivity index (χ1) is 7.75. The number of halogens is 1. The maximum atomic E-state index is 12.8. The van der Waals surface area contributed by atoms with Gasteiger partial charge in [0.15, 0.2) is 0 Å². The largest absolute Gasteiger partial charge is 0.379 e. The van der Waals surface area contributed by atoms with Gasteiger partial charge in [-0.25, -0.2) is 9.99 Å². The first-order valence-corrected chi connectivity index (χ1v) is 5.01. The molecule has 0 aliphatic carbocycles. The van der Waals surface area contributed by atoms with Gasteiger partial charge in [-0.05, 0) is 6.07 Å². The minimum atomic E-state index is -0.658. The van der Waals surface area contributed by atoms with E-state index in [1.54, 1.807) is 5.01 Å². The Labute approximate surface area is 92.2 Å². The van der Waals surface area contributed by atoms with Crippen LogP contribution in [0.15, 0.2) is 18.3 Å². The van der Waals surface area contributed by atoms with E-state index in [-0.39, 0.29) is 11.5 Å². The second-order valence-corrected chi connectivity index (χ2v) is 3.41. The lowest BCUT2D eigenvalue weighted by Gasteiger charge is -2.26. The number of nitrogens with one attached hydrogen (secondary N) is 1. The Morgan fingerprint density at radius 3 is 2.94 bits per heavy atom. The van der Waals surface area contributed by atoms with Crippen LogP contribution in [0.3, 0.4) is 0 Å². The molecule has 1 N–H and O–H groups in total. The smallest absolute Gasteiger partial charge is 0.265 e. The number of pyridine rings is 1. The van der Waals surface area contributed by atoms with Crippen molar-refractivity contribution in [3.05, 3.63) is 29.8 Å². The fourth-order valence-electron chi connectivity index (χ4n) is 1.43. The van der Waals surface area contributed by atoms with Crippen LogP contribution in [0.1, 0.15) is 10.4 Å². The molecule has 86 valence electrons. The number of hydrogen-bond donors (Lipinski definition) is 1. The van der Waals surface area contributed by atoms with Crippen LogP contribution in [-0.2, 0) is 4.74 Å². The molecule has 5 nitrogen and oxygen atoms in total. The third-order valence-corrected chi connectivity index (χ3v) is 2.26. The van der Waals surface area contributed by atoms with Crippen LogP contribution in [-0.4, -0.2) is 42.2 Å². The number of ether oxygens (including phenoxy) is 1. The third kappa shape index (κ3) is 2.74. The standard InChI is InChI=1S/C10H12FN3O2/c11-9-7-8(1-2-12-9)10(15)13-14-3-5-16-6-4-14/h1-2,7H,3-6H2,(H,13,15). The molecule has 1 saturated heterocycles. The van der Waals surface area contributed by atoms with Gasteiger partial charge in [0.2, 0.25) is 5.95 Å². The molecule has 0 aromatic carbocycles. The zero-order valence-electron chi connectivity index (χ0n) is 8.65. The van der Waals surface area contributed by atoms with Crippen molar-refractivity contribution in [2.24, 2.45) is 0 Å². The summed E-state index contributed by atoms with van der Waals surface area (Å²) in [6.07, 6.45) is 1.27. The van der Waals surface area contributed by atoms with Crippen molar-refractivity contribution < 1.29 is 13.9 Å². The van der Waals surface area contributed by atoms with Gasteiger partial charge >= 0.3 is 0 Å². The molecule has 2 rings (SSSR count). The summed E-state index contributed by atoms with van der Waals surface area (Å²) >= 11 is 0. The van der Waals surface area contributed by atoms with Crippen molar-refractivity contribution in [3.63, 3.8) is 0 Å². The molecular weight excluding hydrogens is 213 g/mol. The molecule has 16 heavy (non-hydrogen) atoms. The fourth-order valence-corrected chi connectivity index (χ4v) is 1.43. The Kier molecular flexibility index (Phi) is 3.43. The number of nitrogens with zero attached hydrogens (tertiary/aromatic N) is 2. The van der Waals surface area contributed by atoms with Gasteiger partial charge in [0.1, 0.15) is 0 Å². The topological polar surface area (TPSA) is 54.5 Å². The molecule has 1 aliphatic heterocycles. The van der Waals surface area contributed by atoms with Crippen LogP contribution < -0.4 is 5.43 Å². The number of hydrogen-bond acceptors (Lipinski definition) is 4. The average Bonchev–Trinajstić information content (AvgIpc) is 2.30. The Hall–Kier alpha value is -1.53. The molecule has 0 unspecified atom stereocenters. The van der Waals surface area contributed by atoms with Gasteiger partial charge in [-0.3, -0.25) is 10.2 Å². The number of morpholine rings is 1. The zero-order chi connectivity index (χ0) is 11.4. The predicted octanol–water partition coefficient (Wildman–Crippen LogP) is 0.198. The van der Waals surface area contributed by atoms with E-state index in [9.17, 15) is 9.18 Å². The Morgan fingerprint density at radius 1 is 1.50 bits per heavy atom. The number of amides is 1. The number of aromatic nitrogens is 1. The van der Waals surface area contributed by atoms with Crippen molar-refractivity contribution in [1.82, 2.24) is 15.4 Å². The van der Waals surface area contributed by atoms with Crippen LogP contribution in [0.25, 0.3) is 0 Å². The summed E-state index contributed by atoms with van der Waals surface area (Å²) in [6, 6.07) is 2.58. The Bertz CT molecular complexity index is 380. The summed E-state index contributed by atoms with van der Waals surface area (Å²) in [7, 11) is 0. The van der Waals surface area contributed by atoms with E-state index in [2.05, 4.69) is 10.4 Å². The van der Waals surface area contributed by atoms with Crippen molar-refractivity contribution in [1.29, 1.82) is 0 Å². The lowest BCUT2D eigenvalue weighted by atomic mass is 10.2. The van der Waals surface area contributed by atoms with E-state index in [4.69, 9.17) is 4.74 Å². The summed E-state index contributed by atoms with van der Waals surface area (Å²) in [5.41, 5.74) is 2.95. The van der Waals surface area contributed by atoms with Gasteiger partial charge in [-0.15, -0.1) is 0 Å². The molecule has 1 aromatic heterocycles. The second kappa shape index (κ2) is 5.00. The van der Waals surface area contributed by atoms with Crippen LogP contribution in [0.5, 0.6) is 0 Å². The van der Waals surface area contributed by atoms with Gasteiger partial charge in [0, 0.05) is 30.9 Å². The van der Waals surface area contributed by atoms with Crippen LogP contribution >= 0.6 is 0 Å². The number of carbonyl (C=O) groups is 1. The van der Waals surface area contributed by atoms with Gasteiger partial charge in [0.05, 0.1) is 13.2 Å². The van der Waals surface area contributed by atoms with E-state index >= 15 is 0 Å².